The Morgan fingerprint density at radius 1 is 1.41 bits per heavy atom. The van der Waals surface area contributed by atoms with Gasteiger partial charge in [-0.05, 0) is 33.4 Å². The number of nitrogens with zero attached hydrogens (tertiary/aromatic N) is 1. The molecule has 1 N–H and O–H groups in total. The summed E-state index contributed by atoms with van der Waals surface area (Å²) >= 11 is 1.58. The summed E-state index contributed by atoms with van der Waals surface area (Å²) in [7, 11) is 0. The fraction of sp³-hybridized carbons (Fsp3) is 0.818. The third kappa shape index (κ3) is 3.80. The molecule has 98 valence electrons. The molecule has 6 heteroatoms. The fourth-order valence-corrected chi connectivity index (χ4v) is 2.46. The van der Waals surface area contributed by atoms with E-state index in [2.05, 4.69) is 0 Å². The zero-order valence-electron chi connectivity index (χ0n) is 10.6. The van der Waals surface area contributed by atoms with Crippen LogP contribution in [0.2, 0.25) is 0 Å². The maximum absolute atomic E-state index is 11.9. The molecule has 0 aromatic carbocycles. The van der Waals surface area contributed by atoms with E-state index in [1.165, 1.54) is 4.90 Å². The van der Waals surface area contributed by atoms with Gasteiger partial charge >= 0.3 is 12.1 Å². The van der Waals surface area contributed by atoms with Crippen LogP contribution in [0.4, 0.5) is 4.79 Å². The van der Waals surface area contributed by atoms with Crippen LogP contribution >= 0.6 is 11.8 Å². The highest BCUT2D eigenvalue weighted by molar-refractivity contribution is 7.99. The monoisotopic (exact) mass is 261 g/mol. The standard InChI is InChI=1S/C11H19NO4S/c1-11(2,3)16-9(13)8-5-7(17-4)6-12(8)10(14)15/h7-8H,5-6H2,1-4H3,(H,14,15)/t7-,8-/m0/s1. The number of likely N-dealkylation sites (tertiary alicyclic amines) is 1. The van der Waals surface area contributed by atoms with E-state index in [9.17, 15) is 9.59 Å². The van der Waals surface area contributed by atoms with Gasteiger partial charge in [-0.1, -0.05) is 0 Å². The van der Waals surface area contributed by atoms with Crippen molar-refractivity contribution in [2.45, 2.75) is 44.1 Å². The van der Waals surface area contributed by atoms with E-state index in [-0.39, 0.29) is 5.25 Å². The van der Waals surface area contributed by atoms with E-state index in [1.807, 2.05) is 6.26 Å². The number of amides is 1. The zero-order valence-corrected chi connectivity index (χ0v) is 11.4. The first kappa shape index (κ1) is 14.2. The number of esters is 1. The number of rotatable bonds is 2. The summed E-state index contributed by atoms with van der Waals surface area (Å²) in [4.78, 5) is 24.1. The molecule has 0 aliphatic carbocycles. The molecule has 1 fully saturated rings. The average Bonchev–Trinajstić information content (AvgIpc) is 2.58. The first-order chi connectivity index (χ1) is 7.74. The predicted molar refractivity (Wildman–Crippen MR) is 66.3 cm³/mol. The van der Waals surface area contributed by atoms with Crippen LogP contribution in [0, 0.1) is 0 Å². The fourth-order valence-electron chi connectivity index (χ4n) is 1.77. The van der Waals surface area contributed by atoms with Gasteiger partial charge < -0.3 is 9.84 Å². The van der Waals surface area contributed by atoms with Gasteiger partial charge in [0.1, 0.15) is 11.6 Å². The van der Waals surface area contributed by atoms with E-state index in [1.54, 1.807) is 32.5 Å². The molecule has 1 aliphatic rings. The smallest absolute Gasteiger partial charge is 0.408 e. The Morgan fingerprint density at radius 2 is 2.00 bits per heavy atom. The van der Waals surface area contributed by atoms with Gasteiger partial charge in [0.2, 0.25) is 0 Å². The number of carbonyl (C=O) groups is 2. The lowest BCUT2D eigenvalue weighted by Crippen LogP contribution is -2.42. The van der Waals surface area contributed by atoms with Crippen LogP contribution in [0.15, 0.2) is 0 Å². The second-order valence-electron chi connectivity index (χ2n) is 5.08. The van der Waals surface area contributed by atoms with Crippen LogP contribution in [0.5, 0.6) is 0 Å². The summed E-state index contributed by atoms with van der Waals surface area (Å²) in [6.07, 6.45) is 1.39. The Hall–Kier alpha value is -0.910. The number of ether oxygens (including phenoxy) is 1. The van der Waals surface area contributed by atoms with Crippen molar-refractivity contribution < 1.29 is 19.4 Å². The molecule has 1 saturated heterocycles. The molecule has 17 heavy (non-hydrogen) atoms. The molecule has 1 heterocycles. The zero-order chi connectivity index (χ0) is 13.2. The molecule has 2 atom stereocenters. The molecule has 5 nitrogen and oxygen atoms in total. The Labute approximate surface area is 105 Å². The molecule has 1 aliphatic heterocycles. The molecular formula is C11H19NO4S. The van der Waals surface area contributed by atoms with Gasteiger partial charge in [-0.3, -0.25) is 4.90 Å². The molecule has 0 aromatic heterocycles. The van der Waals surface area contributed by atoms with Crippen molar-refractivity contribution in [1.82, 2.24) is 4.90 Å². The first-order valence-electron chi connectivity index (χ1n) is 5.50. The molecule has 1 rings (SSSR count). The number of carboxylic acid groups (broad SMARTS) is 1. The third-order valence-electron chi connectivity index (χ3n) is 2.52. The molecule has 0 spiro atoms. The van der Waals surface area contributed by atoms with E-state index in [4.69, 9.17) is 9.84 Å². The largest absolute Gasteiger partial charge is 0.465 e. The lowest BCUT2D eigenvalue weighted by molar-refractivity contribution is -0.159. The van der Waals surface area contributed by atoms with Crippen molar-refractivity contribution >= 4 is 23.8 Å². The normalized spacial score (nSPS) is 24.8. The van der Waals surface area contributed by atoms with Crippen molar-refractivity contribution in [2.75, 3.05) is 12.8 Å². The van der Waals surface area contributed by atoms with Crippen molar-refractivity contribution in [3.63, 3.8) is 0 Å². The Balaban J connectivity index is 2.73. The molecule has 0 bridgehead atoms. The lowest BCUT2D eigenvalue weighted by Gasteiger charge is -2.25. The van der Waals surface area contributed by atoms with Gasteiger partial charge in [-0.15, -0.1) is 0 Å². The summed E-state index contributed by atoms with van der Waals surface area (Å²) in [5, 5.41) is 9.22. The minimum atomic E-state index is -1.06. The van der Waals surface area contributed by atoms with Gasteiger partial charge in [-0.25, -0.2) is 9.59 Å². The summed E-state index contributed by atoms with van der Waals surface area (Å²) in [5.74, 6) is -0.448. The quantitative estimate of drug-likeness (QED) is 0.768. The number of carbonyl (C=O) groups excluding carboxylic acids is 1. The molecule has 0 unspecified atom stereocenters. The maximum Gasteiger partial charge on any atom is 0.408 e. The average molecular weight is 261 g/mol. The second-order valence-corrected chi connectivity index (χ2v) is 6.22. The SMILES string of the molecule is CS[C@H]1C[C@@H](C(=O)OC(C)(C)C)N(C(=O)O)C1. The highest BCUT2D eigenvalue weighted by Gasteiger charge is 2.41. The van der Waals surface area contributed by atoms with Crippen molar-refractivity contribution in [1.29, 1.82) is 0 Å². The van der Waals surface area contributed by atoms with Gasteiger partial charge in [0.05, 0.1) is 0 Å². The topological polar surface area (TPSA) is 66.8 Å². The minimum Gasteiger partial charge on any atom is -0.465 e. The van der Waals surface area contributed by atoms with Crippen molar-refractivity contribution in [2.24, 2.45) is 0 Å². The van der Waals surface area contributed by atoms with Crippen LogP contribution in [-0.4, -0.2) is 51.8 Å². The van der Waals surface area contributed by atoms with Crippen LogP contribution in [0.25, 0.3) is 0 Å². The Morgan fingerprint density at radius 3 is 2.41 bits per heavy atom. The highest BCUT2D eigenvalue weighted by Crippen LogP contribution is 2.27. The molecule has 0 radical (unpaired) electrons. The molecule has 1 amide bonds. The van der Waals surface area contributed by atoms with Gasteiger partial charge in [0.15, 0.2) is 0 Å². The summed E-state index contributed by atoms with van der Waals surface area (Å²) in [5.41, 5.74) is -0.585. The van der Waals surface area contributed by atoms with Crippen LogP contribution in [0.1, 0.15) is 27.2 Å². The first-order valence-corrected chi connectivity index (χ1v) is 6.78. The van der Waals surface area contributed by atoms with E-state index >= 15 is 0 Å². The Bertz CT molecular complexity index is 313. The summed E-state index contributed by atoms with van der Waals surface area (Å²) < 4.78 is 5.24. The number of hydrogen-bond acceptors (Lipinski definition) is 4. The van der Waals surface area contributed by atoms with Crippen molar-refractivity contribution in [3.05, 3.63) is 0 Å². The molecular weight excluding hydrogens is 242 g/mol. The van der Waals surface area contributed by atoms with Crippen LogP contribution in [0.3, 0.4) is 0 Å². The minimum absolute atomic E-state index is 0.170. The number of thioether (sulfide) groups is 1. The van der Waals surface area contributed by atoms with Gasteiger partial charge in [0.25, 0.3) is 0 Å². The lowest BCUT2D eigenvalue weighted by atomic mass is 10.1. The maximum atomic E-state index is 11.9. The molecule has 0 saturated carbocycles. The highest BCUT2D eigenvalue weighted by atomic mass is 32.2. The second kappa shape index (κ2) is 5.16. The van der Waals surface area contributed by atoms with Crippen molar-refractivity contribution in [3.8, 4) is 0 Å². The molecule has 0 aromatic rings. The summed E-state index contributed by atoms with van der Waals surface area (Å²) in [6.45, 7) is 5.71. The van der Waals surface area contributed by atoms with Gasteiger partial charge in [-0.2, -0.15) is 11.8 Å². The van der Waals surface area contributed by atoms with Crippen LogP contribution in [-0.2, 0) is 9.53 Å². The Kier molecular flexibility index (Phi) is 4.30. The van der Waals surface area contributed by atoms with E-state index in [0.717, 1.165) is 0 Å². The van der Waals surface area contributed by atoms with Crippen LogP contribution < -0.4 is 0 Å². The third-order valence-corrected chi connectivity index (χ3v) is 3.53. The summed E-state index contributed by atoms with van der Waals surface area (Å²) in [6, 6.07) is -0.663. The van der Waals surface area contributed by atoms with Gasteiger partial charge in [0, 0.05) is 11.8 Å². The van der Waals surface area contributed by atoms with E-state index in [0.29, 0.717) is 13.0 Å². The predicted octanol–water partition coefficient (Wildman–Crippen LogP) is 1.81. The van der Waals surface area contributed by atoms with E-state index < -0.39 is 23.7 Å². The number of hydrogen-bond donors (Lipinski definition) is 1.